The Hall–Kier alpha value is -0.780. The molecule has 6 aliphatic rings. The minimum atomic E-state index is 0. The maximum Gasteiger partial charge on any atom is 0 e. The van der Waals surface area contributed by atoms with Crippen LogP contribution in [0.3, 0.4) is 0 Å². The van der Waals surface area contributed by atoms with Gasteiger partial charge in [-0.05, 0) is 132 Å². The third-order valence-electron chi connectivity index (χ3n) is 15.9. The van der Waals surface area contributed by atoms with E-state index >= 15 is 0 Å². The summed E-state index contributed by atoms with van der Waals surface area (Å²) in [6.07, 6.45) is 20.4. The predicted molar refractivity (Wildman–Crippen MR) is 199 cm³/mol. The van der Waals surface area contributed by atoms with Crippen molar-refractivity contribution in [3.05, 3.63) is 37.5 Å². The van der Waals surface area contributed by atoms with E-state index in [2.05, 4.69) is 121 Å². The van der Waals surface area contributed by atoms with Crippen LogP contribution in [0.2, 0.25) is 0 Å². The third-order valence-corrected chi connectivity index (χ3v) is 15.9. The van der Waals surface area contributed by atoms with Gasteiger partial charge in [-0.15, -0.1) is 13.2 Å². The minimum absolute atomic E-state index is 0. The standard InChI is InChI=1S/C13H24.C11H22.C11H18.C9H14.H2/c1-5-6-11-10(4)12-7-13(11)9(3)8(12)2;2*1-5-10-7-11(6-2)9(4)8(10)3;1-6-7(2)9-4-3-8(6)5-9;/h8-13H,5-7H2,1-4H3;8-11H,5-7H2,1-4H3;5-6,8-11H,1-2,7H2,3-4H3;3-4,6-9H,5H2,1-2H3;1H/t8?,9?,10?,11?,12-,13+;;;6?,7?,8-,9+;/m1..../s1. The summed E-state index contributed by atoms with van der Waals surface area (Å²) in [5.41, 5.74) is 0. The maximum atomic E-state index is 3.86. The molecule has 0 heteroatoms. The highest BCUT2D eigenvalue weighted by atomic mass is 14.6. The van der Waals surface area contributed by atoms with Gasteiger partial charge in [0.15, 0.2) is 0 Å². The first kappa shape index (κ1) is 37.7. The van der Waals surface area contributed by atoms with Crippen LogP contribution in [-0.4, -0.2) is 0 Å². The number of hydrogen-bond acceptors (Lipinski definition) is 0. The van der Waals surface area contributed by atoms with Crippen molar-refractivity contribution in [1.29, 1.82) is 0 Å². The molecule has 0 radical (unpaired) electrons. The molecule has 0 heterocycles. The molecular weight excluding hydrogens is 528 g/mol. The highest BCUT2D eigenvalue weighted by Gasteiger charge is 2.52. The molecule has 0 aromatic heterocycles. The fourth-order valence-corrected chi connectivity index (χ4v) is 11.5. The normalized spacial score (nSPS) is 49.5. The van der Waals surface area contributed by atoms with Crippen molar-refractivity contribution >= 4 is 0 Å². The molecule has 0 spiro atoms. The van der Waals surface area contributed by atoms with Crippen molar-refractivity contribution in [1.82, 2.24) is 0 Å². The molecule has 0 saturated heterocycles. The predicted octanol–water partition coefficient (Wildman–Crippen LogP) is 13.7. The highest BCUT2D eigenvalue weighted by molar-refractivity contribution is 5.11. The van der Waals surface area contributed by atoms with Gasteiger partial charge in [-0.2, -0.15) is 0 Å². The molecule has 256 valence electrons. The fraction of sp³-hybridized carbons (Fsp3) is 0.864. The summed E-state index contributed by atoms with van der Waals surface area (Å²) in [6.45, 7) is 36.5. The van der Waals surface area contributed by atoms with E-state index in [1.54, 1.807) is 6.42 Å². The van der Waals surface area contributed by atoms with E-state index in [0.29, 0.717) is 11.8 Å². The summed E-state index contributed by atoms with van der Waals surface area (Å²) in [4.78, 5) is 0. The van der Waals surface area contributed by atoms with E-state index in [0.717, 1.165) is 94.7 Å². The van der Waals surface area contributed by atoms with Gasteiger partial charge in [0, 0.05) is 1.43 Å². The summed E-state index contributed by atoms with van der Waals surface area (Å²) in [6, 6.07) is 0. The monoisotopic (exact) mass is 609 g/mol. The van der Waals surface area contributed by atoms with Gasteiger partial charge in [-0.25, -0.2) is 0 Å². The minimum Gasteiger partial charge on any atom is -0.103 e. The van der Waals surface area contributed by atoms with E-state index in [1.807, 2.05) is 0 Å². The lowest BCUT2D eigenvalue weighted by molar-refractivity contribution is 0.120. The average Bonchev–Trinajstić information content (AvgIpc) is 3.86. The van der Waals surface area contributed by atoms with Crippen LogP contribution in [0, 0.1) is 107 Å². The molecule has 0 aromatic rings. The molecule has 0 aliphatic heterocycles. The van der Waals surface area contributed by atoms with E-state index in [1.165, 1.54) is 44.9 Å². The number of hydrogen-bond donors (Lipinski definition) is 0. The summed E-state index contributed by atoms with van der Waals surface area (Å²) in [5.74, 6) is 17.1. The van der Waals surface area contributed by atoms with Gasteiger partial charge in [-0.3, -0.25) is 0 Å². The summed E-state index contributed by atoms with van der Waals surface area (Å²) < 4.78 is 0. The van der Waals surface area contributed by atoms with Gasteiger partial charge in [-0.1, -0.05) is 133 Å². The first-order valence-electron chi connectivity index (χ1n) is 19.8. The smallest absolute Gasteiger partial charge is 0 e. The zero-order chi connectivity index (χ0) is 32.9. The fourth-order valence-electron chi connectivity index (χ4n) is 11.5. The number of fused-ring (bicyclic) bond motifs is 4. The quantitative estimate of drug-likeness (QED) is 0.263. The van der Waals surface area contributed by atoms with Gasteiger partial charge < -0.3 is 0 Å². The van der Waals surface area contributed by atoms with Crippen LogP contribution in [0.15, 0.2) is 37.5 Å². The molecule has 4 bridgehead atoms. The molecular formula is C44H80. The Morgan fingerprint density at radius 2 is 0.977 bits per heavy atom. The molecule has 0 nitrogen and oxygen atoms in total. The lowest BCUT2D eigenvalue weighted by atomic mass is 9.69. The van der Waals surface area contributed by atoms with E-state index < -0.39 is 0 Å². The van der Waals surface area contributed by atoms with Crippen LogP contribution in [-0.2, 0) is 0 Å². The van der Waals surface area contributed by atoms with Crippen molar-refractivity contribution < 1.29 is 1.43 Å². The van der Waals surface area contributed by atoms with Crippen LogP contribution in [0.25, 0.3) is 0 Å². The Kier molecular flexibility index (Phi) is 14.4. The Labute approximate surface area is 279 Å². The first-order valence-corrected chi connectivity index (χ1v) is 19.8. The lowest BCUT2D eigenvalue weighted by Gasteiger charge is -2.36. The Morgan fingerprint density at radius 1 is 0.523 bits per heavy atom. The second kappa shape index (κ2) is 16.9. The van der Waals surface area contributed by atoms with Crippen molar-refractivity contribution in [2.75, 3.05) is 0 Å². The topological polar surface area (TPSA) is 0 Å². The molecule has 14 unspecified atom stereocenters. The second-order valence-electron chi connectivity index (χ2n) is 17.3. The van der Waals surface area contributed by atoms with Gasteiger partial charge in [0.1, 0.15) is 0 Å². The first-order chi connectivity index (χ1) is 20.9. The van der Waals surface area contributed by atoms with Crippen LogP contribution in [0.1, 0.15) is 136 Å². The molecule has 0 aromatic carbocycles. The summed E-state index contributed by atoms with van der Waals surface area (Å²) in [5, 5.41) is 0. The lowest BCUT2D eigenvalue weighted by Crippen LogP contribution is -2.30. The van der Waals surface area contributed by atoms with Crippen molar-refractivity contribution in [3.8, 4) is 0 Å². The van der Waals surface area contributed by atoms with Crippen LogP contribution in [0.5, 0.6) is 0 Å². The van der Waals surface area contributed by atoms with Gasteiger partial charge in [0.2, 0.25) is 0 Å². The van der Waals surface area contributed by atoms with Gasteiger partial charge in [0.25, 0.3) is 0 Å². The van der Waals surface area contributed by atoms with Crippen LogP contribution >= 0.6 is 0 Å². The zero-order valence-corrected chi connectivity index (χ0v) is 31.8. The van der Waals surface area contributed by atoms with Crippen LogP contribution < -0.4 is 0 Å². The van der Waals surface area contributed by atoms with Crippen molar-refractivity contribution in [3.63, 3.8) is 0 Å². The largest absolute Gasteiger partial charge is 0.103 e. The van der Waals surface area contributed by atoms with Crippen molar-refractivity contribution in [2.45, 2.75) is 134 Å². The molecule has 5 fully saturated rings. The molecule has 5 saturated carbocycles. The van der Waals surface area contributed by atoms with E-state index in [9.17, 15) is 0 Å². The molecule has 6 aliphatic carbocycles. The van der Waals surface area contributed by atoms with Crippen molar-refractivity contribution in [2.24, 2.45) is 107 Å². The van der Waals surface area contributed by atoms with E-state index in [-0.39, 0.29) is 1.43 Å². The highest BCUT2D eigenvalue weighted by Crippen LogP contribution is 2.59. The Balaban J connectivity index is 0.000000209. The molecule has 0 amide bonds. The maximum absolute atomic E-state index is 3.86. The molecule has 0 N–H and O–H groups in total. The van der Waals surface area contributed by atoms with E-state index in [4.69, 9.17) is 0 Å². The zero-order valence-electron chi connectivity index (χ0n) is 31.8. The van der Waals surface area contributed by atoms with Crippen LogP contribution in [0.4, 0.5) is 0 Å². The third kappa shape index (κ3) is 8.01. The molecule has 6 rings (SSSR count). The molecule has 44 heavy (non-hydrogen) atoms. The second-order valence-corrected chi connectivity index (χ2v) is 17.3. The average molecular weight is 609 g/mol. The molecule has 18 atom stereocenters. The van der Waals surface area contributed by atoms with Gasteiger partial charge >= 0.3 is 0 Å². The summed E-state index contributed by atoms with van der Waals surface area (Å²) >= 11 is 0. The Morgan fingerprint density at radius 3 is 1.27 bits per heavy atom. The SMILES string of the molecule is C=CC1CC(C=C)C(C)C1C.CC1C(C)[C@H]2C=C[C@@H]1C2.CCC1CC(CC)C(C)C1C.CCCC1C(C)[C@@H]2C[C@H]1C(C)C2C.[HH]. The number of allylic oxidation sites excluding steroid dienone is 4. The number of rotatable bonds is 6. The Bertz CT molecular complexity index is 851. The van der Waals surface area contributed by atoms with Gasteiger partial charge in [0.05, 0.1) is 0 Å². The summed E-state index contributed by atoms with van der Waals surface area (Å²) in [7, 11) is 0.